The highest BCUT2D eigenvalue weighted by Gasteiger charge is 2.36. The van der Waals surface area contributed by atoms with Gasteiger partial charge in [0.1, 0.15) is 0 Å². The first-order chi connectivity index (χ1) is 10.2. The first-order valence-corrected chi connectivity index (χ1v) is 9.22. The molecule has 1 aliphatic carbocycles. The molecule has 1 heterocycles. The van der Waals surface area contributed by atoms with Crippen LogP contribution < -0.4 is 5.73 Å². The third-order valence-electron chi connectivity index (χ3n) is 5.49. The molecule has 1 aliphatic heterocycles. The number of fused-ring (bicyclic) bond motifs is 1. The Bertz CT molecular complexity index is 486. The molecule has 0 aromatic heterocycles. The summed E-state index contributed by atoms with van der Waals surface area (Å²) >= 11 is 3.68. The van der Waals surface area contributed by atoms with Crippen molar-refractivity contribution in [3.63, 3.8) is 0 Å². The quantitative estimate of drug-likeness (QED) is 0.874. The zero-order chi connectivity index (χ0) is 14.8. The van der Waals surface area contributed by atoms with E-state index in [4.69, 9.17) is 5.73 Å². The van der Waals surface area contributed by atoms with Gasteiger partial charge in [-0.1, -0.05) is 40.9 Å². The summed E-state index contributed by atoms with van der Waals surface area (Å²) in [5.74, 6) is 0.912. The van der Waals surface area contributed by atoms with Crippen LogP contribution in [0.5, 0.6) is 0 Å². The van der Waals surface area contributed by atoms with Crippen molar-refractivity contribution in [1.29, 1.82) is 0 Å². The van der Waals surface area contributed by atoms with Gasteiger partial charge in [-0.25, -0.2) is 0 Å². The molecule has 1 saturated heterocycles. The molecule has 0 bridgehead atoms. The van der Waals surface area contributed by atoms with Gasteiger partial charge in [-0.3, -0.25) is 4.90 Å². The van der Waals surface area contributed by atoms with Crippen LogP contribution >= 0.6 is 15.9 Å². The number of halogens is 1. The maximum Gasteiger partial charge on any atom is 0.0473 e. The van der Waals surface area contributed by atoms with Gasteiger partial charge in [-0.2, -0.15) is 0 Å². The topological polar surface area (TPSA) is 29.3 Å². The molecule has 1 aromatic carbocycles. The Morgan fingerprint density at radius 2 is 2.00 bits per heavy atom. The third kappa shape index (κ3) is 3.20. The number of hydrogen-bond donors (Lipinski definition) is 1. The van der Waals surface area contributed by atoms with E-state index in [1.54, 1.807) is 0 Å². The number of likely N-dealkylation sites (tertiary alicyclic amines) is 1. The second kappa shape index (κ2) is 6.80. The van der Waals surface area contributed by atoms with Crippen molar-refractivity contribution >= 4 is 15.9 Å². The van der Waals surface area contributed by atoms with Gasteiger partial charge < -0.3 is 5.73 Å². The minimum Gasteiger partial charge on any atom is -0.329 e. The summed E-state index contributed by atoms with van der Waals surface area (Å²) in [6.07, 6.45) is 8.38. The molecule has 0 amide bonds. The Labute approximate surface area is 137 Å². The van der Waals surface area contributed by atoms with Gasteiger partial charge in [0.05, 0.1) is 0 Å². The molecule has 0 spiro atoms. The highest BCUT2D eigenvalue weighted by Crippen LogP contribution is 2.39. The molecule has 0 radical (unpaired) electrons. The zero-order valence-corrected chi connectivity index (χ0v) is 14.6. The smallest absolute Gasteiger partial charge is 0.0473 e. The molecular weight excluding hydrogens is 324 g/mol. The average Bonchev–Trinajstić information content (AvgIpc) is 2.52. The fourth-order valence-corrected chi connectivity index (χ4v) is 4.73. The van der Waals surface area contributed by atoms with E-state index in [0.29, 0.717) is 6.04 Å². The standard InChI is InChI=1S/C18H27BrN2/c1-13-8-9-15(11-16(13)19)18(12-20)21-10-4-6-14-5-2-3-7-17(14)21/h8-9,11,14,17-18H,2-7,10,12,20H2,1H3. The predicted molar refractivity (Wildman–Crippen MR) is 92.4 cm³/mol. The fourth-order valence-electron chi connectivity index (χ4n) is 4.33. The first-order valence-electron chi connectivity index (χ1n) is 8.42. The number of aryl methyl sites for hydroxylation is 1. The van der Waals surface area contributed by atoms with Crippen molar-refractivity contribution in [2.24, 2.45) is 11.7 Å². The zero-order valence-electron chi connectivity index (χ0n) is 13.0. The number of nitrogens with zero attached hydrogens (tertiary/aromatic N) is 1. The van der Waals surface area contributed by atoms with Gasteiger partial charge in [0.25, 0.3) is 0 Å². The van der Waals surface area contributed by atoms with Crippen molar-refractivity contribution < 1.29 is 0 Å². The molecule has 21 heavy (non-hydrogen) atoms. The summed E-state index contributed by atoms with van der Waals surface area (Å²) in [7, 11) is 0. The summed E-state index contributed by atoms with van der Waals surface area (Å²) < 4.78 is 1.20. The van der Waals surface area contributed by atoms with Crippen LogP contribution in [0.3, 0.4) is 0 Å². The Hall–Kier alpha value is -0.380. The number of rotatable bonds is 3. The lowest BCUT2D eigenvalue weighted by Crippen LogP contribution is -2.49. The van der Waals surface area contributed by atoms with Crippen molar-refractivity contribution in [3.8, 4) is 0 Å². The van der Waals surface area contributed by atoms with Crippen LogP contribution in [0, 0.1) is 12.8 Å². The molecule has 1 aromatic rings. The van der Waals surface area contributed by atoms with E-state index >= 15 is 0 Å². The van der Waals surface area contributed by atoms with Crippen LogP contribution in [0.4, 0.5) is 0 Å². The van der Waals surface area contributed by atoms with Gasteiger partial charge in [0, 0.05) is 23.1 Å². The minimum atomic E-state index is 0.382. The lowest BCUT2D eigenvalue weighted by molar-refractivity contribution is 0.0276. The lowest BCUT2D eigenvalue weighted by atomic mass is 9.77. The molecule has 3 atom stereocenters. The molecule has 3 unspecified atom stereocenters. The highest BCUT2D eigenvalue weighted by atomic mass is 79.9. The van der Waals surface area contributed by atoms with Crippen LogP contribution in [0.25, 0.3) is 0 Å². The lowest BCUT2D eigenvalue weighted by Gasteiger charge is -2.47. The molecule has 2 N–H and O–H groups in total. The van der Waals surface area contributed by atoms with Gasteiger partial charge in [0.15, 0.2) is 0 Å². The molecule has 3 heteroatoms. The van der Waals surface area contributed by atoms with Crippen molar-refractivity contribution in [1.82, 2.24) is 4.90 Å². The van der Waals surface area contributed by atoms with Crippen molar-refractivity contribution in [2.45, 2.75) is 57.5 Å². The Morgan fingerprint density at radius 3 is 2.76 bits per heavy atom. The SMILES string of the molecule is Cc1ccc(C(CN)N2CCCC3CCCCC32)cc1Br. The molecule has 2 nitrogen and oxygen atoms in total. The Kier molecular flexibility index (Phi) is 5.03. The van der Waals surface area contributed by atoms with Crippen LogP contribution in [0.2, 0.25) is 0 Å². The van der Waals surface area contributed by atoms with Crippen molar-refractivity contribution in [2.75, 3.05) is 13.1 Å². The van der Waals surface area contributed by atoms with E-state index in [-0.39, 0.29) is 0 Å². The van der Waals surface area contributed by atoms with Crippen LogP contribution in [-0.4, -0.2) is 24.0 Å². The molecular formula is C18H27BrN2. The van der Waals surface area contributed by atoms with E-state index in [9.17, 15) is 0 Å². The van der Waals surface area contributed by atoms with E-state index in [2.05, 4.69) is 46.0 Å². The number of hydrogen-bond acceptors (Lipinski definition) is 2. The number of benzene rings is 1. The number of piperidine rings is 1. The van der Waals surface area contributed by atoms with Gasteiger partial charge >= 0.3 is 0 Å². The maximum atomic E-state index is 6.19. The first kappa shape index (κ1) is 15.5. The minimum absolute atomic E-state index is 0.382. The molecule has 3 rings (SSSR count). The highest BCUT2D eigenvalue weighted by molar-refractivity contribution is 9.10. The predicted octanol–water partition coefficient (Wildman–Crippen LogP) is 4.41. The Morgan fingerprint density at radius 1 is 1.24 bits per heavy atom. The largest absolute Gasteiger partial charge is 0.329 e. The fraction of sp³-hybridized carbons (Fsp3) is 0.667. The second-order valence-electron chi connectivity index (χ2n) is 6.75. The van der Waals surface area contributed by atoms with Gasteiger partial charge in [0.2, 0.25) is 0 Å². The monoisotopic (exact) mass is 350 g/mol. The summed E-state index contributed by atoms with van der Waals surface area (Å²) in [4.78, 5) is 2.73. The van der Waals surface area contributed by atoms with Crippen LogP contribution in [0.1, 0.15) is 55.7 Å². The average molecular weight is 351 g/mol. The van der Waals surface area contributed by atoms with Crippen LogP contribution in [-0.2, 0) is 0 Å². The van der Waals surface area contributed by atoms with Crippen LogP contribution in [0.15, 0.2) is 22.7 Å². The molecule has 116 valence electrons. The van der Waals surface area contributed by atoms with E-state index in [1.807, 2.05) is 0 Å². The van der Waals surface area contributed by atoms with E-state index in [0.717, 1.165) is 18.5 Å². The van der Waals surface area contributed by atoms with Crippen molar-refractivity contribution in [3.05, 3.63) is 33.8 Å². The summed E-state index contributed by atoms with van der Waals surface area (Å²) in [5.41, 5.74) is 8.86. The van der Waals surface area contributed by atoms with Gasteiger partial charge in [-0.05, 0) is 62.3 Å². The summed E-state index contributed by atoms with van der Waals surface area (Å²) in [5, 5.41) is 0. The Balaban J connectivity index is 1.85. The van der Waals surface area contributed by atoms with E-state index < -0.39 is 0 Å². The van der Waals surface area contributed by atoms with Gasteiger partial charge in [-0.15, -0.1) is 0 Å². The molecule has 2 fully saturated rings. The number of nitrogens with two attached hydrogens (primary N) is 1. The second-order valence-corrected chi connectivity index (χ2v) is 7.61. The summed E-state index contributed by atoms with van der Waals surface area (Å²) in [6, 6.07) is 7.90. The molecule has 2 aliphatic rings. The maximum absolute atomic E-state index is 6.19. The van der Waals surface area contributed by atoms with E-state index in [1.165, 1.54) is 60.7 Å². The third-order valence-corrected chi connectivity index (χ3v) is 6.34. The normalized spacial score (nSPS) is 28.1. The summed E-state index contributed by atoms with van der Waals surface area (Å²) in [6.45, 7) is 4.08. The molecule has 1 saturated carbocycles.